The molecule has 0 unspecified atom stereocenters. The smallest absolute Gasteiger partial charge is 0.145 e. The van der Waals surface area contributed by atoms with Crippen molar-refractivity contribution in [2.75, 3.05) is 4.84 Å². The highest BCUT2D eigenvalue weighted by atomic mass is 35.5. The van der Waals surface area contributed by atoms with Crippen molar-refractivity contribution in [1.29, 1.82) is 0 Å². The summed E-state index contributed by atoms with van der Waals surface area (Å²) >= 11 is 10.5. The summed E-state index contributed by atoms with van der Waals surface area (Å²) in [5.41, 5.74) is 7.01. The quantitative estimate of drug-likeness (QED) is 0.440. The van der Waals surface area contributed by atoms with E-state index in [1.807, 2.05) is 0 Å². The number of nitrogens with two attached hydrogens (primary N) is 1. The van der Waals surface area contributed by atoms with E-state index in [4.69, 9.17) is 29.3 Å². The molecule has 5 heteroatoms. The number of nitrogens with one attached hydrogen (secondary N) is 1. The molecule has 3 nitrogen and oxygen atoms in total. The van der Waals surface area contributed by atoms with Crippen LogP contribution in [0, 0.1) is 0 Å². The van der Waals surface area contributed by atoms with Gasteiger partial charge in [0.25, 0.3) is 0 Å². The molecule has 0 aliphatic heterocycles. The third-order valence-electron chi connectivity index (χ3n) is 1.38. The Kier molecular flexibility index (Phi) is 3.19. The van der Waals surface area contributed by atoms with Crippen LogP contribution in [0.5, 0.6) is 0 Å². The fourth-order valence-electron chi connectivity index (χ4n) is 0.753. The number of amidine groups is 1. The van der Waals surface area contributed by atoms with E-state index < -0.39 is 0 Å². The molecule has 0 saturated heterocycles. The highest BCUT2D eigenvalue weighted by Gasteiger charge is 1.96. The predicted octanol–water partition coefficient (Wildman–Crippen LogP) is 2.11. The van der Waals surface area contributed by atoms with E-state index in [9.17, 15) is 0 Å². The molecule has 0 bridgehead atoms. The number of benzene rings is 1. The Hall–Kier alpha value is -0.930. The van der Waals surface area contributed by atoms with Gasteiger partial charge in [-0.1, -0.05) is 0 Å². The van der Waals surface area contributed by atoms with Crippen molar-refractivity contribution >= 4 is 35.1 Å². The van der Waals surface area contributed by atoms with Gasteiger partial charge in [-0.3, -0.25) is 4.84 Å². The van der Waals surface area contributed by atoms with Crippen LogP contribution in [0.4, 0.5) is 5.69 Å². The maximum atomic E-state index is 5.45. The molecular weight excluding hydrogens is 197 g/mol. The summed E-state index contributed by atoms with van der Waals surface area (Å²) in [7, 11) is 0. The van der Waals surface area contributed by atoms with Crippen molar-refractivity contribution in [3.63, 3.8) is 0 Å². The van der Waals surface area contributed by atoms with Gasteiger partial charge in [-0.25, -0.2) is 0 Å². The number of hydrogen-bond donors (Lipinski definition) is 2. The highest BCUT2D eigenvalue weighted by Crippen LogP contribution is 2.09. The van der Waals surface area contributed by atoms with E-state index in [-0.39, 0.29) is 5.84 Å². The monoisotopic (exact) mass is 203 g/mol. The van der Waals surface area contributed by atoms with E-state index in [1.54, 1.807) is 24.3 Å². The molecule has 1 rings (SSSR count). The Morgan fingerprint density at radius 2 is 1.92 bits per heavy atom. The number of hydrogen-bond acceptors (Lipinski definition) is 2. The zero-order valence-corrected chi connectivity index (χ0v) is 7.60. The lowest BCUT2D eigenvalue weighted by atomic mass is 10.2. The van der Waals surface area contributed by atoms with Gasteiger partial charge >= 0.3 is 0 Å². The van der Waals surface area contributed by atoms with Gasteiger partial charge in [-0.05, 0) is 24.3 Å². The summed E-state index contributed by atoms with van der Waals surface area (Å²) in [6.07, 6.45) is 0. The van der Waals surface area contributed by atoms with Crippen molar-refractivity contribution in [3.8, 4) is 0 Å². The van der Waals surface area contributed by atoms with Gasteiger partial charge in [0.2, 0.25) is 0 Å². The van der Waals surface area contributed by atoms with Crippen LogP contribution in [0.15, 0.2) is 28.8 Å². The summed E-state index contributed by atoms with van der Waals surface area (Å²) in [5.74, 6) is 0.290. The average molecular weight is 204 g/mol. The first-order valence-corrected chi connectivity index (χ1v) is 3.91. The number of rotatable bonds is 2. The molecule has 0 aromatic heterocycles. The van der Waals surface area contributed by atoms with Crippen LogP contribution in [-0.2, 0) is 0 Å². The molecule has 0 amide bonds. The summed E-state index contributed by atoms with van der Waals surface area (Å²) in [6, 6.07) is 7.09. The van der Waals surface area contributed by atoms with Gasteiger partial charge < -0.3 is 5.73 Å². The van der Waals surface area contributed by atoms with Crippen molar-refractivity contribution in [2.45, 2.75) is 0 Å². The zero-order valence-electron chi connectivity index (χ0n) is 6.09. The van der Waals surface area contributed by atoms with Gasteiger partial charge in [0.1, 0.15) is 5.84 Å². The first kappa shape index (κ1) is 9.16. The van der Waals surface area contributed by atoms with E-state index >= 15 is 0 Å². The Bertz CT molecular complexity index is 281. The zero-order chi connectivity index (χ0) is 8.97. The minimum Gasteiger partial charge on any atom is -0.382 e. The maximum Gasteiger partial charge on any atom is 0.145 e. The average Bonchev–Trinajstić information content (AvgIpc) is 2.17. The van der Waals surface area contributed by atoms with Crippen molar-refractivity contribution in [3.05, 3.63) is 29.8 Å². The standard InChI is InChI=1S/C7H7Cl2N3/c8-11-6-3-1-5(2-4-6)7(10)12-9/h1-4,11H,(H2,10,12). The van der Waals surface area contributed by atoms with E-state index in [0.717, 1.165) is 11.3 Å². The molecular formula is C7H7Cl2N3. The molecule has 0 radical (unpaired) electrons. The highest BCUT2D eigenvalue weighted by molar-refractivity contribution is 6.24. The molecule has 12 heavy (non-hydrogen) atoms. The Morgan fingerprint density at radius 3 is 2.33 bits per heavy atom. The lowest BCUT2D eigenvalue weighted by molar-refractivity contribution is 1.55. The van der Waals surface area contributed by atoms with Crippen molar-refractivity contribution in [2.24, 2.45) is 10.2 Å². The summed E-state index contributed by atoms with van der Waals surface area (Å²) < 4.78 is 3.33. The van der Waals surface area contributed by atoms with Gasteiger partial charge in [-0.2, -0.15) is 4.51 Å². The SMILES string of the molecule is NC(=NCl)c1ccc(NCl)cc1. The first-order valence-electron chi connectivity index (χ1n) is 3.19. The molecule has 0 heterocycles. The topological polar surface area (TPSA) is 50.4 Å². The lowest BCUT2D eigenvalue weighted by Gasteiger charge is -1.99. The molecule has 0 aliphatic carbocycles. The van der Waals surface area contributed by atoms with E-state index in [2.05, 4.69) is 9.35 Å². The Balaban J connectivity index is 2.92. The molecule has 0 aliphatic rings. The van der Waals surface area contributed by atoms with Gasteiger partial charge in [0.15, 0.2) is 0 Å². The maximum absolute atomic E-state index is 5.45. The van der Waals surface area contributed by atoms with Crippen LogP contribution >= 0.6 is 23.6 Å². The predicted molar refractivity (Wildman–Crippen MR) is 52.5 cm³/mol. The molecule has 3 N–H and O–H groups in total. The molecule has 1 aromatic carbocycles. The largest absolute Gasteiger partial charge is 0.382 e. The van der Waals surface area contributed by atoms with Crippen LogP contribution in [-0.4, -0.2) is 5.84 Å². The summed E-state index contributed by atoms with van der Waals surface area (Å²) in [6.45, 7) is 0. The molecule has 64 valence electrons. The van der Waals surface area contributed by atoms with Crippen LogP contribution in [0.2, 0.25) is 0 Å². The minimum absolute atomic E-state index is 0.290. The molecule has 0 saturated carbocycles. The van der Waals surface area contributed by atoms with Crippen molar-refractivity contribution < 1.29 is 0 Å². The molecule has 0 spiro atoms. The molecule has 0 fully saturated rings. The van der Waals surface area contributed by atoms with E-state index in [1.165, 1.54) is 0 Å². The molecule has 0 atom stereocenters. The van der Waals surface area contributed by atoms with Crippen molar-refractivity contribution in [1.82, 2.24) is 0 Å². The van der Waals surface area contributed by atoms with Crippen LogP contribution < -0.4 is 10.6 Å². The van der Waals surface area contributed by atoms with Gasteiger partial charge in [0, 0.05) is 34.8 Å². The lowest BCUT2D eigenvalue weighted by Crippen LogP contribution is -2.11. The fourth-order valence-corrected chi connectivity index (χ4v) is 0.976. The van der Waals surface area contributed by atoms with Crippen LogP contribution in [0.1, 0.15) is 5.56 Å². The fraction of sp³-hybridized carbons (Fsp3) is 0. The van der Waals surface area contributed by atoms with Crippen LogP contribution in [0.25, 0.3) is 0 Å². The second-order valence-corrected chi connectivity index (χ2v) is 2.50. The number of anilines is 1. The molecule has 1 aromatic rings. The summed E-state index contributed by atoms with van der Waals surface area (Å²) in [5, 5.41) is 0. The first-order chi connectivity index (χ1) is 5.77. The second-order valence-electron chi connectivity index (χ2n) is 2.14. The van der Waals surface area contributed by atoms with Gasteiger partial charge in [-0.15, -0.1) is 0 Å². The Labute approximate surface area is 80.4 Å². The summed E-state index contributed by atoms with van der Waals surface area (Å²) in [4.78, 5) is 2.47. The third-order valence-corrected chi connectivity index (χ3v) is 1.78. The number of halogens is 2. The van der Waals surface area contributed by atoms with E-state index in [0.29, 0.717) is 0 Å². The number of nitrogens with zero attached hydrogens (tertiary/aromatic N) is 1. The minimum atomic E-state index is 0.290. The third kappa shape index (κ3) is 2.03. The second kappa shape index (κ2) is 4.18. The van der Waals surface area contributed by atoms with Gasteiger partial charge in [0.05, 0.1) is 0 Å². The normalized spacial score (nSPS) is 11.3. The Morgan fingerprint density at radius 1 is 1.33 bits per heavy atom. The van der Waals surface area contributed by atoms with Crippen LogP contribution in [0.3, 0.4) is 0 Å².